The number of benzene rings is 2. The monoisotopic (exact) mass is 452 g/mol. The molecule has 2 heterocycles. The van der Waals surface area contributed by atoms with Crippen LogP contribution < -0.4 is 4.74 Å². The Hall–Kier alpha value is -3.14. The van der Waals surface area contributed by atoms with Gasteiger partial charge in [0.25, 0.3) is 5.88 Å². The van der Waals surface area contributed by atoms with E-state index in [2.05, 4.69) is 16.0 Å². The summed E-state index contributed by atoms with van der Waals surface area (Å²) in [5, 5.41) is 10.8. The van der Waals surface area contributed by atoms with Gasteiger partial charge in [-0.15, -0.1) is 0 Å². The first-order chi connectivity index (χ1) is 15.0. The van der Waals surface area contributed by atoms with E-state index in [1.54, 1.807) is 29.2 Å². The number of carbonyl (C=O) groups is 1. The van der Waals surface area contributed by atoms with Gasteiger partial charge >= 0.3 is 0 Å². The third-order valence-corrected chi connectivity index (χ3v) is 5.48. The lowest BCUT2D eigenvalue weighted by atomic mass is 10.0. The molecule has 1 saturated heterocycles. The Labute approximate surface area is 190 Å². The summed E-state index contributed by atoms with van der Waals surface area (Å²) in [5.41, 5.74) is 2.73. The Bertz CT molecular complexity index is 1140. The highest BCUT2D eigenvalue weighted by Crippen LogP contribution is 2.33. The lowest BCUT2D eigenvalue weighted by molar-refractivity contribution is -0.128. The quantitative estimate of drug-likeness (QED) is 0.526. The van der Waals surface area contributed by atoms with Crippen LogP contribution in [0.4, 0.5) is 0 Å². The second kappa shape index (κ2) is 9.34. The highest BCUT2D eigenvalue weighted by Gasteiger charge is 2.21. The van der Waals surface area contributed by atoms with Crippen LogP contribution in [0.25, 0.3) is 22.5 Å². The van der Waals surface area contributed by atoms with E-state index in [-0.39, 0.29) is 24.1 Å². The predicted molar refractivity (Wildman–Crippen MR) is 119 cm³/mol. The van der Waals surface area contributed by atoms with Crippen LogP contribution in [-0.4, -0.2) is 40.5 Å². The number of hydrogen-bond donors (Lipinski definition) is 0. The Kier molecular flexibility index (Phi) is 6.36. The number of ether oxygens (including phenoxy) is 1. The molecule has 156 valence electrons. The van der Waals surface area contributed by atoms with E-state index in [1.807, 2.05) is 24.3 Å². The molecule has 8 heteroatoms. The van der Waals surface area contributed by atoms with E-state index >= 15 is 0 Å². The molecule has 1 aliphatic heterocycles. The highest BCUT2D eigenvalue weighted by atomic mass is 35.5. The maximum absolute atomic E-state index is 11.8. The number of rotatable bonds is 6. The van der Waals surface area contributed by atoms with Crippen LogP contribution in [-0.2, 0) is 4.79 Å². The van der Waals surface area contributed by atoms with Crippen molar-refractivity contribution in [3.05, 3.63) is 64.3 Å². The van der Waals surface area contributed by atoms with E-state index in [0.717, 1.165) is 24.1 Å². The highest BCUT2D eigenvalue weighted by molar-refractivity contribution is 6.31. The average Bonchev–Trinajstić information content (AvgIpc) is 3.19. The maximum atomic E-state index is 11.8. The summed E-state index contributed by atoms with van der Waals surface area (Å²) < 4.78 is 5.80. The van der Waals surface area contributed by atoms with Gasteiger partial charge in [-0.25, -0.2) is 9.97 Å². The Morgan fingerprint density at radius 2 is 1.55 bits per heavy atom. The molecule has 1 aromatic heterocycles. The molecule has 0 saturated carbocycles. The molecule has 6 nitrogen and oxygen atoms in total. The van der Waals surface area contributed by atoms with E-state index in [1.165, 1.54) is 0 Å². The van der Waals surface area contributed by atoms with Gasteiger partial charge < -0.3 is 9.64 Å². The fourth-order valence-electron chi connectivity index (χ4n) is 3.40. The molecule has 1 fully saturated rings. The van der Waals surface area contributed by atoms with Gasteiger partial charge in [-0.3, -0.25) is 4.79 Å². The number of aromatic nitrogens is 2. The first kappa shape index (κ1) is 21.1. The lowest BCUT2D eigenvalue weighted by Gasteiger charge is -2.17. The minimum absolute atomic E-state index is 0.0791. The molecule has 31 heavy (non-hydrogen) atoms. The Morgan fingerprint density at radius 1 is 0.968 bits per heavy atom. The molecule has 4 rings (SSSR count). The molecule has 0 atom stereocenters. The number of amides is 1. The normalized spacial score (nSPS) is 13.3. The smallest absolute Gasteiger partial charge is 0.251 e. The molecular formula is C23H18Cl2N4O2. The summed E-state index contributed by atoms with van der Waals surface area (Å²) in [5.74, 6) is 0.256. The van der Waals surface area contributed by atoms with Crippen LogP contribution in [0.1, 0.15) is 18.5 Å². The Balaban J connectivity index is 1.71. The topological polar surface area (TPSA) is 79.1 Å². The van der Waals surface area contributed by atoms with Crippen LogP contribution in [0, 0.1) is 11.3 Å². The van der Waals surface area contributed by atoms with Crippen molar-refractivity contribution in [3.63, 3.8) is 0 Å². The maximum Gasteiger partial charge on any atom is 0.251 e. The second-order valence-corrected chi connectivity index (χ2v) is 7.91. The van der Waals surface area contributed by atoms with Crippen molar-refractivity contribution in [2.24, 2.45) is 0 Å². The van der Waals surface area contributed by atoms with Crippen molar-refractivity contribution in [2.75, 3.05) is 19.7 Å². The lowest BCUT2D eigenvalue weighted by Crippen LogP contribution is -2.29. The van der Waals surface area contributed by atoms with Crippen molar-refractivity contribution in [1.29, 1.82) is 5.26 Å². The number of hydrogen-bond acceptors (Lipinski definition) is 5. The van der Waals surface area contributed by atoms with Gasteiger partial charge in [0, 0.05) is 34.1 Å². The number of nitrogens with zero attached hydrogens (tertiary/aromatic N) is 4. The molecule has 2 aromatic carbocycles. The molecule has 0 radical (unpaired) electrons. The van der Waals surface area contributed by atoms with Gasteiger partial charge in [-0.2, -0.15) is 5.26 Å². The van der Waals surface area contributed by atoms with Crippen molar-refractivity contribution in [3.8, 4) is 34.5 Å². The fourth-order valence-corrected chi connectivity index (χ4v) is 3.66. The summed E-state index contributed by atoms with van der Waals surface area (Å²) in [6.07, 6.45) is 1.43. The molecule has 0 unspecified atom stereocenters. The summed E-state index contributed by atoms with van der Waals surface area (Å²) >= 11 is 12.1. The fraction of sp³-hybridized carbons (Fsp3) is 0.217. The molecular weight excluding hydrogens is 435 g/mol. The molecule has 1 amide bonds. The van der Waals surface area contributed by atoms with Gasteiger partial charge in [0.05, 0.1) is 12.2 Å². The van der Waals surface area contributed by atoms with Crippen LogP contribution in [0.15, 0.2) is 48.5 Å². The second-order valence-electron chi connectivity index (χ2n) is 7.03. The minimum atomic E-state index is 0.0791. The standard InChI is InChI=1S/C23H18Cl2N4O2/c24-17-7-3-15(4-8-17)21-22(16-5-9-18(25)10-6-16)28-23(19(14-26)27-21)31-13-12-29-11-1-2-20(29)30/h3-10H,1-2,11-13H2. The molecule has 1 aliphatic rings. The summed E-state index contributed by atoms with van der Waals surface area (Å²) in [4.78, 5) is 22.7. The summed E-state index contributed by atoms with van der Waals surface area (Å²) in [6, 6.07) is 16.4. The zero-order chi connectivity index (χ0) is 21.8. The van der Waals surface area contributed by atoms with Crippen LogP contribution in [0.5, 0.6) is 5.88 Å². The average molecular weight is 453 g/mol. The molecule has 0 aliphatic carbocycles. The minimum Gasteiger partial charge on any atom is -0.474 e. The number of nitriles is 1. The first-order valence-corrected chi connectivity index (χ1v) is 10.6. The molecule has 0 bridgehead atoms. The SMILES string of the molecule is N#Cc1nc(-c2ccc(Cl)cc2)c(-c2ccc(Cl)cc2)nc1OCCN1CCCC1=O. The zero-order valence-corrected chi connectivity index (χ0v) is 18.0. The first-order valence-electron chi connectivity index (χ1n) is 9.80. The van der Waals surface area contributed by atoms with Crippen molar-refractivity contribution in [1.82, 2.24) is 14.9 Å². The number of likely N-dealkylation sites (tertiary alicyclic amines) is 1. The largest absolute Gasteiger partial charge is 0.474 e. The zero-order valence-electron chi connectivity index (χ0n) is 16.5. The third-order valence-electron chi connectivity index (χ3n) is 4.98. The molecule has 0 spiro atoms. The van der Waals surface area contributed by atoms with Crippen molar-refractivity contribution < 1.29 is 9.53 Å². The van der Waals surface area contributed by atoms with Gasteiger partial charge in [0.1, 0.15) is 18.4 Å². The van der Waals surface area contributed by atoms with Crippen LogP contribution in [0.3, 0.4) is 0 Å². The van der Waals surface area contributed by atoms with Crippen LogP contribution in [0.2, 0.25) is 10.0 Å². The summed E-state index contributed by atoms with van der Waals surface area (Å²) in [7, 11) is 0. The van der Waals surface area contributed by atoms with E-state index in [9.17, 15) is 10.1 Å². The van der Waals surface area contributed by atoms with E-state index in [4.69, 9.17) is 27.9 Å². The third kappa shape index (κ3) is 4.79. The van der Waals surface area contributed by atoms with Crippen LogP contribution >= 0.6 is 23.2 Å². The van der Waals surface area contributed by atoms with E-state index in [0.29, 0.717) is 34.4 Å². The predicted octanol–water partition coefficient (Wildman–Crippen LogP) is 4.99. The van der Waals surface area contributed by atoms with E-state index < -0.39 is 0 Å². The number of halogens is 2. The Morgan fingerprint density at radius 3 is 2.06 bits per heavy atom. The number of carbonyl (C=O) groups excluding carboxylic acids is 1. The summed E-state index contributed by atoms with van der Waals surface area (Å²) in [6.45, 7) is 1.40. The van der Waals surface area contributed by atoms with Crippen molar-refractivity contribution >= 4 is 29.1 Å². The van der Waals surface area contributed by atoms with Gasteiger partial charge in [-0.05, 0) is 30.7 Å². The van der Waals surface area contributed by atoms with Gasteiger partial charge in [0.2, 0.25) is 11.6 Å². The molecule has 0 N–H and O–H groups in total. The van der Waals surface area contributed by atoms with Crippen molar-refractivity contribution in [2.45, 2.75) is 12.8 Å². The van der Waals surface area contributed by atoms with Gasteiger partial charge in [-0.1, -0.05) is 47.5 Å². The molecule has 3 aromatic rings. The van der Waals surface area contributed by atoms with Gasteiger partial charge in [0.15, 0.2) is 0 Å².